The average molecular weight is 258 g/mol. The monoisotopic (exact) mass is 258 g/mol. The van der Waals surface area contributed by atoms with Gasteiger partial charge in [-0.1, -0.05) is 44.2 Å². The molecule has 0 spiro atoms. The summed E-state index contributed by atoms with van der Waals surface area (Å²) in [5, 5.41) is 3.72. The Kier molecular flexibility index (Phi) is 3.40. The minimum absolute atomic E-state index is 0.545. The van der Waals surface area contributed by atoms with Gasteiger partial charge in [0.15, 0.2) is 0 Å². The van der Waals surface area contributed by atoms with Gasteiger partial charge in [0.2, 0.25) is 0 Å². The predicted octanol–water partition coefficient (Wildman–Crippen LogP) is 2.69. The van der Waals surface area contributed by atoms with Crippen LogP contribution < -0.4 is 5.32 Å². The highest BCUT2D eigenvalue weighted by Gasteiger charge is 2.51. The van der Waals surface area contributed by atoms with Crippen molar-refractivity contribution < 1.29 is 0 Å². The largest absolute Gasteiger partial charge is 0.311 e. The predicted molar refractivity (Wildman–Crippen MR) is 80.3 cm³/mol. The van der Waals surface area contributed by atoms with Gasteiger partial charge in [-0.15, -0.1) is 0 Å². The lowest BCUT2D eigenvalue weighted by Crippen LogP contribution is -2.57. The van der Waals surface area contributed by atoms with Gasteiger partial charge in [-0.25, -0.2) is 0 Å². The van der Waals surface area contributed by atoms with E-state index in [2.05, 4.69) is 61.3 Å². The maximum Gasteiger partial charge on any atom is 0.0236 e. The summed E-state index contributed by atoms with van der Waals surface area (Å²) in [6.45, 7) is 9.49. The summed E-state index contributed by atoms with van der Waals surface area (Å²) in [7, 11) is 0. The second-order valence-electron chi connectivity index (χ2n) is 7.05. The smallest absolute Gasteiger partial charge is 0.0236 e. The summed E-state index contributed by atoms with van der Waals surface area (Å²) in [6, 6.07) is 13.0. The van der Waals surface area contributed by atoms with Gasteiger partial charge in [0.05, 0.1) is 0 Å². The molecule has 1 aliphatic heterocycles. The second-order valence-corrected chi connectivity index (χ2v) is 7.05. The van der Waals surface area contributed by atoms with Gasteiger partial charge in [0.25, 0.3) is 0 Å². The summed E-state index contributed by atoms with van der Waals surface area (Å²) >= 11 is 0. The summed E-state index contributed by atoms with van der Waals surface area (Å²) in [5.74, 6) is 0. The van der Waals surface area contributed by atoms with Crippen molar-refractivity contribution in [3.05, 3.63) is 35.9 Å². The fourth-order valence-electron chi connectivity index (χ4n) is 3.43. The lowest BCUT2D eigenvalue weighted by atomic mass is 10.0. The van der Waals surface area contributed by atoms with Crippen LogP contribution >= 0.6 is 0 Å². The van der Waals surface area contributed by atoms with Crippen LogP contribution in [0.1, 0.15) is 32.8 Å². The van der Waals surface area contributed by atoms with Crippen molar-refractivity contribution >= 4 is 0 Å². The number of piperazine rings is 1. The zero-order chi connectivity index (χ0) is 13.5. The Morgan fingerprint density at radius 1 is 1.26 bits per heavy atom. The van der Waals surface area contributed by atoms with E-state index in [9.17, 15) is 0 Å². The number of nitrogens with one attached hydrogen (secondary N) is 1. The van der Waals surface area contributed by atoms with Crippen LogP contribution in [0.5, 0.6) is 0 Å². The van der Waals surface area contributed by atoms with Gasteiger partial charge in [0, 0.05) is 31.2 Å². The molecule has 1 N–H and O–H groups in total. The van der Waals surface area contributed by atoms with E-state index >= 15 is 0 Å². The van der Waals surface area contributed by atoms with Crippen LogP contribution in [0.3, 0.4) is 0 Å². The molecule has 0 aromatic heterocycles. The zero-order valence-electron chi connectivity index (χ0n) is 12.4. The Labute approximate surface area is 117 Å². The Morgan fingerprint density at radius 2 is 1.95 bits per heavy atom. The third-order valence-electron chi connectivity index (χ3n) is 4.89. The molecule has 0 amide bonds. The van der Waals surface area contributed by atoms with Crippen molar-refractivity contribution in [2.75, 3.05) is 13.1 Å². The maximum absolute atomic E-state index is 3.72. The van der Waals surface area contributed by atoms with E-state index in [1.54, 1.807) is 0 Å². The standard InChI is InChI=1S/C17H26N2/c1-13-11-18-15(9-14-7-5-4-6-8-14)12-19(13)16-10-17(16,2)3/h4-8,13,15-16,18H,9-12H2,1-3H3. The molecule has 3 rings (SSSR count). The highest BCUT2D eigenvalue weighted by molar-refractivity contribution is 5.17. The Bertz CT molecular complexity index is 426. The molecule has 2 aliphatic rings. The first-order chi connectivity index (χ1) is 9.06. The lowest BCUT2D eigenvalue weighted by molar-refractivity contribution is 0.118. The molecule has 3 atom stereocenters. The van der Waals surface area contributed by atoms with Gasteiger partial charge in [-0.2, -0.15) is 0 Å². The number of nitrogens with zero attached hydrogens (tertiary/aromatic N) is 1. The van der Waals surface area contributed by atoms with Gasteiger partial charge >= 0.3 is 0 Å². The van der Waals surface area contributed by atoms with Crippen molar-refractivity contribution in [3.8, 4) is 0 Å². The molecule has 104 valence electrons. The highest BCUT2D eigenvalue weighted by Crippen LogP contribution is 2.49. The SMILES string of the molecule is CC1CNC(Cc2ccccc2)CN1C1CC1(C)C. The molecule has 1 saturated carbocycles. The minimum Gasteiger partial charge on any atom is -0.311 e. The second kappa shape index (κ2) is 4.92. The summed E-state index contributed by atoms with van der Waals surface area (Å²) in [4.78, 5) is 2.74. The van der Waals surface area contributed by atoms with E-state index < -0.39 is 0 Å². The topological polar surface area (TPSA) is 15.3 Å². The van der Waals surface area contributed by atoms with E-state index in [0.29, 0.717) is 17.5 Å². The molecular formula is C17H26N2. The molecule has 1 aromatic rings. The van der Waals surface area contributed by atoms with E-state index in [-0.39, 0.29) is 0 Å². The van der Waals surface area contributed by atoms with Gasteiger partial charge < -0.3 is 5.32 Å². The molecular weight excluding hydrogens is 232 g/mol. The van der Waals surface area contributed by atoms with Crippen LogP contribution in [0.2, 0.25) is 0 Å². The first-order valence-electron chi connectivity index (χ1n) is 7.59. The van der Waals surface area contributed by atoms with E-state index in [1.165, 1.54) is 18.5 Å². The molecule has 1 aliphatic carbocycles. The van der Waals surface area contributed by atoms with Gasteiger partial charge in [-0.3, -0.25) is 4.90 Å². The molecule has 1 heterocycles. The molecule has 3 unspecified atom stereocenters. The van der Waals surface area contributed by atoms with Crippen LogP contribution in [0.15, 0.2) is 30.3 Å². The van der Waals surface area contributed by atoms with Crippen molar-refractivity contribution in [2.45, 2.75) is 51.7 Å². The van der Waals surface area contributed by atoms with Gasteiger partial charge in [0.1, 0.15) is 0 Å². The maximum atomic E-state index is 3.72. The van der Waals surface area contributed by atoms with Crippen LogP contribution in [-0.2, 0) is 6.42 Å². The fraction of sp³-hybridized carbons (Fsp3) is 0.647. The van der Waals surface area contributed by atoms with Crippen molar-refractivity contribution in [1.82, 2.24) is 10.2 Å². The van der Waals surface area contributed by atoms with Crippen LogP contribution in [0.4, 0.5) is 0 Å². The highest BCUT2D eigenvalue weighted by atomic mass is 15.3. The number of benzene rings is 1. The summed E-state index contributed by atoms with van der Waals surface area (Å²) in [6.07, 6.45) is 2.52. The summed E-state index contributed by atoms with van der Waals surface area (Å²) in [5.41, 5.74) is 1.99. The fourth-order valence-corrected chi connectivity index (χ4v) is 3.43. The van der Waals surface area contributed by atoms with E-state index in [0.717, 1.165) is 19.0 Å². The van der Waals surface area contributed by atoms with Crippen LogP contribution in [0.25, 0.3) is 0 Å². The molecule has 0 bridgehead atoms. The van der Waals surface area contributed by atoms with Gasteiger partial charge in [-0.05, 0) is 30.7 Å². The normalized spacial score (nSPS) is 34.2. The number of hydrogen-bond donors (Lipinski definition) is 1. The molecule has 19 heavy (non-hydrogen) atoms. The number of hydrogen-bond acceptors (Lipinski definition) is 2. The van der Waals surface area contributed by atoms with Crippen LogP contribution in [0, 0.1) is 5.41 Å². The molecule has 0 radical (unpaired) electrons. The third kappa shape index (κ3) is 2.85. The lowest BCUT2D eigenvalue weighted by Gasteiger charge is -2.40. The summed E-state index contributed by atoms with van der Waals surface area (Å²) < 4.78 is 0. The third-order valence-corrected chi connectivity index (χ3v) is 4.89. The first kappa shape index (κ1) is 13.1. The molecule has 2 nitrogen and oxygen atoms in total. The van der Waals surface area contributed by atoms with Crippen molar-refractivity contribution in [1.29, 1.82) is 0 Å². The quantitative estimate of drug-likeness (QED) is 0.897. The zero-order valence-corrected chi connectivity index (χ0v) is 12.4. The minimum atomic E-state index is 0.545. The Balaban J connectivity index is 1.62. The Morgan fingerprint density at radius 3 is 2.58 bits per heavy atom. The van der Waals surface area contributed by atoms with Crippen LogP contribution in [-0.4, -0.2) is 36.1 Å². The Hall–Kier alpha value is -0.860. The number of rotatable bonds is 3. The first-order valence-corrected chi connectivity index (χ1v) is 7.59. The molecule has 1 saturated heterocycles. The molecule has 2 fully saturated rings. The van der Waals surface area contributed by atoms with E-state index in [4.69, 9.17) is 0 Å². The average Bonchev–Trinajstić information content (AvgIpc) is 3.02. The van der Waals surface area contributed by atoms with Crippen molar-refractivity contribution in [3.63, 3.8) is 0 Å². The van der Waals surface area contributed by atoms with E-state index in [1.807, 2.05) is 0 Å². The van der Waals surface area contributed by atoms with Crippen molar-refractivity contribution in [2.24, 2.45) is 5.41 Å². The molecule has 1 aromatic carbocycles. The molecule has 2 heteroatoms.